The van der Waals surface area contributed by atoms with Gasteiger partial charge in [-0.15, -0.1) is 0 Å². The van der Waals surface area contributed by atoms with E-state index in [1.165, 1.54) is 18.4 Å². The van der Waals surface area contributed by atoms with E-state index in [-0.39, 0.29) is 17.5 Å². The molecule has 0 aromatic heterocycles. The van der Waals surface area contributed by atoms with Gasteiger partial charge in [0.25, 0.3) is 0 Å². The van der Waals surface area contributed by atoms with Crippen molar-refractivity contribution in [2.24, 2.45) is 0 Å². The summed E-state index contributed by atoms with van der Waals surface area (Å²) in [5.74, 6) is 0.350. The van der Waals surface area contributed by atoms with E-state index in [1.54, 1.807) is 12.1 Å². The molecule has 0 amide bonds. The summed E-state index contributed by atoms with van der Waals surface area (Å²) in [6.45, 7) is 6.09. The number of nitrogens with zero attached hydrogens (tertiary/aromatic N) is 2. The standard InChI is InChI=1S/C24H33N3O4S/c1-18-6-9-23(30-3)24(15-18)32(28,29)25-17-22(27-11-13-31-14-12-27)20-7-8-21-19(16-20)5-4-10-26(21)2/h6-9,15-16,22,25H,4-5,10-14,17H2,1-3H3/t22-/m0/s1. The molecule has 2 aliphatic rings. The molecule has 4 rings (SSSR count). The minimum Gasteiger partial charge on any atom is -0.495 e. The average Bonchev–Trinajstić information content (AvgIpc) is 2.80. The van der Waals surface area contributed by atoms with Crippen molar-refractivity contribution >= 4 is 15.7 Å². The smallest absolute Gasteiger partial charge is 0.244 e. The Morgan fingerprint density at radius 3 is 2.66 bits per heavy atom. The largest absolute Gasteiger partial charge is 0.495 e. The molecule has 1 N–H and O–H groups in total. The van der Waals surface area contributed by atoms with Crippen LogP contribution in [0.25, 0.3) is 0 Å². The molecule has 0 radical (unpaired) electrons. The number of benzene rings is 2. The number of aryl methyl sites for hydroxylation is 2. The van der Waals surface area contributed by atoms with Gasteiger partial charge < -0.3 is 14.4 Å². The summed E-state index contributed by atoms with van der Waals surface area (Å²) >= 11 is 0. The van der Waals surface area contributed by atoms with Gasteiger partial charge in [-0.2, -0.15) is 0 Å². The fourth-order valence-electron chi connectivity index (χ4n) is 4.62. The summed E-state index contributed by atoms with van der Waals surface area (Å²) in [5.41, 5.74) is 4.61. The quantitative estimate of drug-likeness (QED) is 0.687. The average molecular weight is 460 g/mol. The van der Waals surface area contributed by atoms with E-state index in [0.717, 1.165) is 43.6 Å². The molecule has 32 heavy (non-hydrogen) atoms. The maximum atomic E-state index is 13.2. The van der Waals surface area contributed by atoms with Gasteiger partial charge in [-0.3, -0.25) is 4.90 Å². The highest BCUT2D eigenvalue weighted by Crippen LogP contribution is 2.31. The summed E-state index contributed by atoms with van der Waals surface area (Å²) in [6, 6.07) is 11.7. The summed E-state index contributed by atoms with van der Waals surface area (Å²) in [6.07, 6.45) is 2.19. The second kappa shape index (κ2) is 9.79. The Morgan fingerprint density at radius 1 is 1.12 bits per heavy atom. The molecular weight excluding hydrogens is 426 g/mol. The monoisotopic (exact) mass is 459 g/mol. The molecule has 2 heterocycles. The lowest BCUT2D eigenvalue weighted by Gasteiger charge is -2.36. The van der Waals surface area contributed by atoms with Crippen LogP contribution in [0.2, 0.25) is 0 Å². The molecule has 0 unspecified atom stereocenters. The van der Waals surface area contributed by atoms with Crippen LogP contribution in [0.3, 0.4) is 0 Å². The molecule has 1 fully saturated rings. The SMILES string of the molecule is COc1ccc(C)cc1S(=O)(=O)NC[C@@H](c1ccc2c(c1)CCCN2C)N1CCOCC1. The van der Waals surface area contributed by atoms with Crippen molar-refractivity contribution in [1.82, 2.24) is 9.62 Å². The van der Waals surface area contributed by atoms with Gasteiger partial charge in [0.15, 0.2) is 0 Å². The zero-order valence-corrected chi connectivity index (χ0v) is 20.0. The van der Waals surface area contributed by atoms with Crippen molar-refractivity contribution in [2.75, 3.05) is 58.5 Å². The van der Waals surface area contributed by atoms with E-state index in [9.17, 15) is 8.42 Å². The number of hydrogen-bond acceptors (Lipinski definition) is 6. The Balaban J connectivity index is 1.61. The van der Waals surface area contributed by atoms with Crippen molar-refractivity contribution in [3.05, 3.63) is 53.1 Å². The van der Waals surface area contributed by atoms with Crippen LogP contribution < -0.4 is 14.4 Å². The highest BCUT2D eigenvalue weighted by atomic mass is 32.2. The minimum absolute atomic E-state index is 0.0676. The van der Waals surface area contributed by atoms with Crippen LogP contribution in [-0.4, -0.2) is 66.9 Å². The molecule has 0 aliphatic carbocycles. The number of ether oxygens (including phenoxy) is 2. The third-order valence-corrected chi connectivity index (χ3v) is 7.85. The molecule has 2 aromatic rings. The molecule has 2 aromatic carbocycles. The first kappa shape index (κ1) is 23.0. The van der Waals surface area contributed by atoms with Crippen molar-refractivity contribution in [3.8, 4) is 5.75 Å². The van der Waals surface area contributed by atoms with Crippen LogP contribution >= 0.6 is 0 Å². The lowest BCUT2D eigenvalue weighted by atomic mass is 9.96. The lowest BCUT2D eigenvalue weighted by Crippen LogP contribution is -2.44. The number of sulfonamides is 1. The van der Waals surface area contributed by atoms with Crippen LogP contribution in [0.15, 0.2) is 41.3 Å². The molecule has 2 aliphatic heterocycles. The van der Waals surface area contributed by atoms with Gasteiger partial charge in [-0.25, -0.2) is 13.1 Å². The highest BCUT2D eigenvalue weighted by Gasteiger charge is 2.27. The molecule has 0 bridgehead atoms. The Kier molecular flexibility index (Phi) is 7.05. The van der Waals surface area contributed by atoms with Gasteiger partial charge >= 0.3 is 0 Å². The Morgan fingerprint density at radius 2 is 1.91 bits per heavy atom. The van der Waals surface area contributed by atoms with Gasteiger partial charge in [-0.1, -0.05) is 18.2 Å². The number of anilines is 1. The molecule has 174 valence electrons. The van der Waals surface area contributed by atoms with Gasteiger partial charge in [0.2, 0.25) is 10.0 Å². The molecule has 8 heteroatoms. The first-order chi connectivity index (χ1) is 15.4. The van der Waals surface area contributed by atoms with Crippen molar-refractivity contribution < 1.29 is 17.9 Å². The molecule has 0 saturated carbocycles. The van der Waals surface area contributed by atoms with Gasteiger partial charge in [-0.05, 0) is 54.7 Å². The Hall–Kier alpha value is -2.13. The summed E-state index contributed by atoms with van der Waals surface area (Å²) in [7, 11) is -0.119. The summed E-state index contributed by atoms with van der Waals surface area (Å²) in [4.78, 5) is 4.78. The second-order valence-electron chi connectivity index (χ2n) is 8.58. The molecule has 7 nitrogen and oxygen atoms in total. The van der Waals surface area contributed by atoms with Crippen molar-refractivity contribution in [2.45, 2.75) is 30.7 Å². The number of nitrogens with one attached hydrogen (secondary N) is 1. The zero-order valence-electron chi connectivity index (χ0n) is 19.1. The van der Waals surface area contributed by atoms with Crippen LogP contribution in [0.5, 0.6) is 5.75 Å². The predicted octanol–water partition coefficient (Wildman–Crippen LogP) is 2.74. The van der Waals surface area contributed by atoms with E-state index < -0.39 is 10.0 Å². The van der Waals surface area contributed by atoms with Crippen LogP contribution in [-0.2, 0) is 21.2 Å². The number of rotatable bonds is 7. The van der Waals surface area contributed by atoms with Gasteiger partial charge in [0.05, 0.1) is 20.3 Å². The predicted molar refractivity (Wildman–Crippen MR) is 126 cm³/mol. The van der Waals surface area contributed by atoms with Crippen molar-refractivity contribution in [1.29, 1.82) is 0 Å². The molecule has 1 saturated heterocycles. The third kappa shape index (κ3) is 4.93. The van der Waals surface area contributed by atoms with E-state index in [4.69, 9.17) is 9.47 Å². The Bertz CT molecular complexity index is 1050. The zero-order chi connectivity index (χ0) is 22.7. The fourth-order valence-corrected chi connectivity index (χ4v) is 5.91. The number of fused-ring (bicyclic) bond motifs is 1. The van der Waals surface area contributed by atoms with Crippen LogP contribution in [0.1, 0.15) is 29.2 Å². The topological polar surface area (TPSA) is 71.1 Å². The summed E-state index contributed by atoms with van der Waals surface area (Å²) < 4.78 is 40.2. The normalized spacial score (nSPS) is 18.3. The maximum Gasteiger partial charge on any atom is 0.244 e. The van der Waals surface area contributed by atoms with Gasteiger partial charge in [0.1, 0.15) is 10.6 Å². The lowest BCUT2D eigenvalue weighted by molar-refractivity contribution is 0.0172. The molecule has 0 spiro atoms. The van der Waals surface area contributed by atoms with Crippen LogP contribution in [0, 0.1) is 6.92 Å². The van der Waals surface area contributed by atoms with E-state index in [1.807, 2.05) is 13.0 Å². The molecular formula is C24H33N3O4S. The van der Waals surface area contributed by atoms with E-state index in [0.29, 0.717) is 19.0 Å². The summed E-state index contributed by atoms with van der Waals surface area (Å²) in [5, 5.41) is 0. The number of hydrogen-bond donors (Lipinski definition) is 1. The molecule has 1 atom stereocenters. The maximum absolute atomic E-state index is 13.2. The fraction of sp³-hybridized carbons (Fsp3) is 0.500. The highest BCUT2D eigenvalue weighted by molar-refractivity contribution is 7.89. The Labute approximate surface area is 191 Å². The van der Waals surface area contributed by atoms with Gasteiger partial charge in [0, 0.05) is 45.0 Å². The second-order valence-corrected chi connectivity index (χ2v) is 10.3. The van der Waals surface area contributed by atoms with E-state index >= 15 is 0 Å². The van der Waals surface area contributed by atoms with E-state index in [2.05, 4.69) is 39.8 Å². The number of morpholine rings is 1. The third-order valence-electron chi connectivity index (χ3n) is 6.40. The van der Waals surface area contributed by atoms with Crippen LogP contribution in [0.4, 0.5) is 5.69 Å². The minimum atomic E-state index is -3.73. The first-order valence-corrected chi connectivity index (χ1v) is 12.7. The first-order valence-electron chi connectivity index (χ1n) is 11.2. The van der Waals surface area contributed by atoms with Crippen molar-refractivity contribution in [3.63, 3.8) is 0 Å². The number of methoxy groups -OCH3 is 1.